The smallest absolute Gasteiger partial charge is 0.340 e. The molecule has 0 bridgehead atoms. The van der Waals surface area contributed by atoms with Gasteiger partial charge in [-0.1, -0.05) is 24.6 Å². The monoisotopic (exact) mass is 454 g/mol. The third-order valence-corrected chi connectivity index (χ3v) is 5.74. The summed E-state index contributed by atoms with van der Waals surface area (Å²) in [5, 5.41) is 23.4. The maximum Gasteiger partial charge on any atom is 0.340 e. The lowest BCUT2D eigenvalue weighted by atomic mass is 10.1. The number of aromatic nitrogens is 1. The maximum atomic E-state index is 12.8. The van der Waals surface area contributed by atoms with Crippen LogP contribution in [0.15, 0.2) is 42.5 Å². The van der Waals surface area contributed by atoms with Crippen molar-refractivity contribution in [1.29, 1.82) is 0 Å². The van der Waals surface area contributed by atoms with Crippen LogP contribution in [-0.4, -0.2) is 59.3 Å². The van der Waals surface area contributed by atoms with E-state index in [0.29, 0.717) is 17.9 Å². The highest BCUT2D eigenvalue weighted by atomic mass is 16.5. The number of esters is 1. The zero-order chi connectivity index (χ0) is 24.0. The van der Waals surface area contributed by atoms with Crippen molar-refractivity contribution in [3.8, 4) is 11.4 Å². The molecule has 0 aliphatic rings. The average molecular weight is 455 g/mol. The van der Waals surface area contributed by atoms with Gasteiger partial charge in [0.2, 0.25) is 0 Å². The molecule has 0 aliphatic carbocycles. The van der Waals surface area contributed by atoms with Crippen LogP contribution in [0.25, 0.3) is 16.6 Å². The van der Waals surface area contributed by atoms with Crippen molar-refractivity contribution < 1.29 is 24.5 Å². The van der Waals surface area contributed by atoms with E-state index in [2.05, 4.69) is 5.32 Å². The van der Waals surface area contributed by atoms with Gasteiger partial charge in [-0.15, -0.1) is 0 Å². The van der Waals surface area contributed by atoms with Crippen LogP contribution in [0.4, 0.5) is 0 Å². The number of aliphatic hydroxyl groups is 2. The summed E-state index contributed by atoms with van der Waals surface area (Å²) in [6.45, 7) is 8.42. The number of ether oxygens (including phenoxy) is 2. The molecule has 33 heavy (non-hydrogen) atoms. The highest BCUT2D eigenvalue weighted by Crippen LogP contribution is 2.32. The molecule has 3 N–H and O–H groups in total. The molecule has 0 saturated carbocycles. The number of rotatable bonds is 11. The number of carbonyl (C=O) groups excluding carboxylic acids is 1. The molecular formula is C26H34N2O5. The zero-order valence-corrected chi connectivity index (χ0v) is 19.8. The molecule has 2 atom stereocenters. The van der Waals surface area contributed by atoms with E-state index in [1.165, 1.54) is 0 Å². The molecule has 1 heterocycles. The van der Waals surface area contributed by atoms with E-state index in [1.54, 1.807) is 6.92 Å². The van der Waals surface area contributed by atoms with Crippen LogP contribution in [0, 0.1) is 13.8 Å². The summed E-state index contributed by atoms with van der Waals surface area (Å²) in [6, 6.07) is 13.7. The second-order valence-electron chi connectivity index (χ2n) is 8.19. The fourth-order valence-corrected chi connectivity index (χ4v) is 3.87. The van der Waals surface area contributed by atoms with Gasteiger partial charge in [-0.05, 0) is 57.5 Å². The maximum absolute atomic E-state index is 12.8. The molecular weight excluding hydrogens is 420 g/mol. The van der Waals surface area contributed by atoms with Crippen LogP contribution in [0.3, 0.4) is 0 Å². The first-order valence-electron chi connectivity index (χ1n) is 11.4. The molecule has 7 nitrogen and oxygen atoms in total. The molecule has 3 aromatic rings. The van der Waals surface area contributed by atoms with E-state index in [-0.39, 0.29) is 31.8 Å². The number of nitrogens with zero attached hydrogens (tertiary/aromatic N) is 1. The number of aliphatic hydroxyl groups excluding tert-OH is 2. The van der Waals surface area contributed by atoms with Gasteiger partial charge in [-0.3, -0.25) is 0 Å². The summed E-state index contributed by atoms with van der Waals surface area (Å²) < 4.78 is 13.2. The lowest BCUT2D eigenvalue weighted by Crippen LogP contribution is -2.39. The minimum absolute atomic E-state index is 0.0225. The number of hydrogen-bond acceptors (Lipinski definition) is 6. The summed E-state index contributed by atoms with van der Waals surface area (Å²) in [4.78, 5) is 12.8. The minimum Gasteiger partial charge on any atom is -0.491 e. The van der Waals surface area contributed by atoms with Gasteiger partial charge in [0.05, 0.1) is 24.3 Å². The lowest BCUT2D eigenvalue weighted by molar-refractivity contribution is 0.0527. The lowest BCUT2D eigenvalue weighted by Gasteiger charge is -2.18. The number of fused-ring (bicyclic) bond motifs is 1. The average Bonchev–Trinajstić information content (AvgIpc) is 3.10. The highest BCUT2D eigenvalue weighted by Gasteiger charge is 2.22. The van der Waals surface area contributed by atoms with Gasteiger partial charge < -0.3 is 29.6 Å². The Bertz CT molecular complexity index is 1070. The first-order valence-corrected chi connectivity index (χ1v) is 11.4. The summed E-state index contributed by atoms with van der Waals surface area (Å²) in [6.07, 6.45) is 0.0408. The first-order chi connectivity index (χ1) is 15.9. The minimum atomic E-state index is -0.732. The normalized spacial score (nSPS) is 13.2. The van der Waals surface area contributed by atoms with Crippen molar-refractivity contribution >= 4 is 16.9 Å². The van der Waals surface area contributed by atoms with Crippen LogP contribution in [0.2, 0.25) is 0 Å². The van der Waals surface area contributed by atoms with Gasteiger partial charge >= 0.3 is 5.97 Å². The fourth-order valence-electron chi connectivity index (χ4n) is 3.87. The van der Waals surface area contributed by atoms with E-state index in [9.17, 15) is 15.0 Å². The molecule has 0 amide bonds. The van der Waals surface area contributed by atoms with Crippen molar-refractivity contribution in [1.82, 2.24) is 9.88 Å². The van der Waals surface area contributed by atoms with Crippen molar-refractivity contribution in [2.75, 3.05) is 26.4 Å². The molecule has 178 valence electrons. The standard InChI is InChI=1S/C26H34N2O5/c1-5-19(15-29)27-14-21(30)16-33-22-11-12-24-23(13-22)25(26(31)32-6-2)18(4)28(24)20-9-7-17(3)8-10-20/h7-13,19,21,27,29-30H,5-6,14-16H2,1-4H3/t19-,21+/m1/s1. The van der Waals surface area contributed by atoms with E-state index in [4.69, 9.17) is 9.47 Å². The second-order valence-corrected chi connectivity index (χ2v) is 8.19. The largest absolute Gasteiger partial charge is 0.491 e. The Hall–Kier alpha value is -2.87. The van der Waals surface area contributed by atoms with E-state index in [1.807, 2.05) is 67.8 Å². The number of carbonyl (C=O) groups is 1. The van der Waals surface area contributed by atoms with Crippen molar-refractivity contribution in [3.05, 3.63) is 59.3 Å². The molecule has 7 heteroatoms. The van der Waals surface area contributed by atoms with Gasteiger partial charge in [-0.25, -0.2) is 4.79 Å². The van der Waals surface area contributed by atoms with E-state index < -0.39 is 6.10 Å². The third-order valence-electron chi connectivity index (χ3n) is 5.74. The predicted molar refractivity (Wildman–Crippen MR) is 129 cm³/mol. The summed E-state index contributed by atoms with van der Waals surface area (Å²) >= 11 is 0. The first kappa shape index (κ1) is 24.8. The Morgan fingerprint density at radius 2 is 1.85 bits per heavy atom. The van der Waals surface area contributed by atoms with Crippen molar-refractivity contribution in [2.45, 2.75) is 46.3 Å². The molecule has 0 unspecified atom stereocenters. The highest BCUT2D eigenvalue weighted by molar-refractivity contribution is 6.07. The molecule has 0 fully saturated rings. The summed E-state index contributed by atoms with van der Waals surface area (Å²) in [5.41, 5.74) is 4.30. The fraction of sp³-hybridized carbons (Fsp3) is 0.423. The number of hydrogen-bond donors (Lipinski definition) is 3. The summed E-state index contributed by atoms with van der Waals surface area (Å²) in [7, 11) is 0. The predicted octanol–water partition coefficient (Wildman–Crippen LogP) is 3.52. The molecule has 2 aromatic carbocycles. The van der Waals surface area contributed by atoms with Crippen LogP contribution in [-0.2, 0) is 4.74 Å². The topological polar surface area (TPSA) is 93.0 Å². The second kappa shape index (κ2) is 11.3. The Kier molecular flexibility index (Phi) is 8.49. The van der Waals surface area contributed by atoms with Gasteiger partial charge in [0.1, 0.15) is 18.5 Å². The molecule has 0 spiro atoms. The zero-order valence-electron chi connectivity index (χ0n) is 19.8. The molecule has 3 rings (SSSR count). The Labute approximate surface area is 194 Å². The van der Waals surface area contributed by atoms with Gasteiger partial charge in [0.25, 0.3) is 0 Å². The summed E-state index contributed by atoms with van der Waals surface area (Å²) in [5.74, 6) is 0.184. The Balaban J connectivity index is 1.90. The number of benzene rings is 2. The van der Waals surface area contributed by atoms with E-state index in [0.717, 1.165) is 34.3 Å². The number of aryl methyl sites for hydroxylation is 1. The third kappa shape index (κ3) is 5.74. The van der Waals surface area contributed by atoms with Crippen LogP contribution < -0.4 is 10.1 Å². The molecule has 0 radical (unpaired) electrons. The van der Waals surface area contributed by atoms with E-state index >= 15 is 0 Å². The van der Waals surface area contributed by atoms with Crippen molar-refractivity contribution in [3.63, 3.8) is 0 Å². The molecule has 1 aromatic heterocycles. The van der Waals surface area contributed by atoms with Crippen molar-refractivity contribution in [2.24, 2.45) is 0 Å². The van der Waals surface area contributed by atoms with Gasteiger partial charge in [-0.2, -0.15) is 0 Å². The molecule has 0 aliphatic heterocycles. The van der Waals surface area contributed by atoms with Crippen LogP contribution in [0.1, 0.15) is 41.9 Å². The van der Waals surface area contributed by atoms with Crippen LogP contribution in [0.5, 0.6) is 5.75 Å². The quantitative estimate of drug-likeness (QED) is 0.384. The van der Waals surface area contributed by atoms with Gasteiger partial charge in [0, 0.05) is 29.4 Å². The SMILES string of the molecule is CCOC(=O)c1c(C)n(-c2ccc(C)cc2)c2ccc(OC[C@@H](O)CN[C@H](CC)CO)cc12. The Morgan fingerprint density at radius 1 is 1.12 bits per heavy atom. The van der Waals surface area contributed by atoms with Crippen LogP contribution >= 0.6 is 0 Å². The number of nitrogens with one attached hydrogen (secondary N) is 1. The van der Waals surface area contributed by atoms with Gasteiger partial charge in [0.15, 0.2) is 0 Å². The Morgan fingerprint density at radius 3 is 2.48 bits per heavy atom. The molecule has 0 saturated heterocycles.